The van der Waals surface area contributed by atoms with E-state index in [2.05, 4.69) is 9.47 Å². The Morgan fingerprint density at radius 1 is 0.783 bits per heavy atom. The third-order valence-corrected chi connectivity index (χ3v) is 2.91. The third kappa shape index (κ3) is 3.15. The summed E-state index contributed by atoms with van der Waals surface area (Å²) in [5, 5.41) is 0. The zero-order valence-corrected chi connectivity index (χ0v) is 12.0. The van der Waals surface area contributed by atoms with E-state index in [0.717, 1.165) is 14.2 Å². The van der Waals surface area contributed by atoms with Crippen LogP contribution >= 0.6 is 0 Å². The molecule has 23 heavy (non-hydrogen) atoms. The average Bonchev–Trinajstić information content (AvgIpc) is 2.51. The Bertz CT molecular complexity index is 667. The molecule has 0 radical (unpaired) electrons. The van der Waals surface area contributed by atoms with Gasteiger partial charge in [0.1, 0.15) is 11.3 Å². The zero-order chi connectivity index (χ0) is 17.2. The second-order valence-corrected chi connectivity index (χ2v) is 4.31. The monoisotopic (exact) mass is 334 g/mol. The molecular formula is C15H11F5O3. The van der Waals surface area contributed by atoms with Crippen molar-refractivity contribution in [3.05, 3.63) is 47.5 Å². The summed E-state index contributed by atoms with van der Waals surface area (Å²) in [4.78, 5) is 0. The van der Waals surface area contributed by atoms with Gasteiger partial charge in [0.25, 0.3) is 0 Å². The van der Waals surface area contributed by atoms with E-state index in [1.165, 1.54) is 24.3 Å². The maximum absolute atomic E-state index is 14.3. The van der Waals surface area contributed by atoms with Gasteiger partial charge < -0.3 is 14.2 Å². The Labute approximate surface area is 128 Å². The minimum atomic E-state index is -5.08. The molecule has 2 aromatic carbocycles. The second-order valence-electron chi connectivity index (χ2n) is 4.31. The van der Waals surface area contributed by atoms with Crippen molar-refractivity contribution in [2.45, 2.75) is 6.18 Å². The van der Waals surface area contributed by atoms with Gasteiger partial charge >= 0.3 is 6.18 Å². The summed E-state index contributed by atoms with van der Waals surface area (Å²) >= 11 is 0. The fraction of sp³-hybridized carbons (Fsp3) is 0.200. The highest BCUT2D eigenvalue weighted by Crippen LogP contribution is 2.49. The van der Waals surface area contributed by atoms with Crippen LogP contribution in [0.3, 0.4) is 0 Å². The second kappa shape index (κ2) is 6.31. The molecule has 3 nitrogen and oxygen atoms in total. The number of alkyl halides is 3. The van der Waals surface area contributed by atoms with Gasteiger partial charge in [-0.25, -0.2) is 0 Å². The summed E-state index contributed by atoms with van der Waals surface area (Å²) < 4.78 is 81.7. The molecule has 0 aliphatic rings. The molecule has 0 aromatic heterocycles. The van der Waals surface area contributed by atoms with Gasteiger partial charge in [-0.2, -0.15) is 22.0 Å². The van der Waals surface area contributed by atoms with Gasteiger partial charge in [-0.05, 0) is 12.1 Å². The van der Waals surface area contributed by atoms with Gasteiger partial charge in [0, 0.05) is 0 Å². The summed E-state index contributed by atoms with van der Waals surface area (Å²) in [6, 6.07) is 7.46. The Morgan fingerprint density at radius 2 is 1.26 bits per heavy atom. The number of ether oxygens (including phenoxy) is 3. The Balaban J connectivity index is 2.70. The van der Waals surface area contributed by atoms with Crippen molar-refractivity contribution >= 4 is 0 Å². The Kier molecular flexibility index (Phi) is 4.63. The number of rotatable bonds is 4. The molecule has 8 heteroatoms. The normalized spacial score (nSPS) is 11.3. The van der Waals surface area contributed by atoms with Crippen LogP contribution in [0.2, 0.25) is 0 Å². The molecule has 0 bridgehead atoms. The van der Waals surface area contributed by atoms with Crippen LogP contribution in [0.4, 0.5) is 22.0 Å². The van der Waals surface area contributed by atoms with Crippen molar-refractivity contribution in [2.24, 2.45) is 0 Å². The maximum Gasteiger partial charge on any atom is 0.423 e. The van der Waals surface area contributed by atoms with Crippen molar-refractivity contribution in [2.75, 3.05) is 14.2 Å². The van der Waals surface area contributed by atoms with E-state index in [0.29, 0.717) is 0 Å². The van der Waals surface area contributed by atoms with Gasteiger partial charge in [0.05, 0.1) is 14.2 Å². The van der Waals surface area contributed by atoms with E-state index < -0.39 is 40.6 Å². The number of para-hydroxylation sites is 1. The fourth-order valence-electron chi connectivity index (χ4n) is 1.96. The SMILES string of the molecule is COc1c(F)c(Oc2ccccc2)c(F)c(OC)c1C(F)(F)F. The first-order valence-corrected chi connectivity index (χ1v) is 6.24. The third-order valence-electron chi connectivity index (χ3n) is 2.91. The minimum Gasteiger partial charge on any atom is -0.493 e. The predicted molar refractivity (Wildman–Crippen MR) is 71.0 cm³/mol. The van der Waals surface area contributed by atoms with Crippen molar-refractivity contribution in [1.82, 2.24) is 0 Å². The molecular weight excluding hydrogens is 323 g/mol. The summed E-state index contributed by atoms with van der Waals surface area (Å²) in [5.41, 5.74) is -1.68. The first kappa shape index (κ1) is 16.9. The molecule has 0 N–H and O–H groups in total. The van der Waals surface area contributed by atoms with Crippen molar-refractivity contribution in [1.29, 1.82) is 0 Å². The molecule has 124 valence electrons. The molecule has 0 atom stereocenters. The topological polar surface area (TPSA) is 27.7 Å². The van der Waals surface area contributed by atoms with Gasteiger partial charge in [-0.3, -0.25) is 0 Å². The average molecular weight is 334 g/mol. The van der Waals surface area contributed by atoms with Crippen LogP contribution in [0.1, 0.15) is 5.56 Å². The highest BCUT2D eigenvalue weighted by molar-refractivity contribution is 5.55. The van der Waals surface area contributed by atoms with E-state index in [9.17, 15) is 22.0 Å². The maximum atomic E-state index is 14.3. The quantitative estimate of drug-likeness (QED) is 0.752. The number of methoxy groups -OCH3 is 2. The number of benzene rings is 2. The minimum absolute atomic E-state index is 0.0363. The molecule has 0 spiro atoms. The lowest BCUT2D eigenvalue weighted by atomic mass is 10.1. The number of halogens is 5. The summed E-state index contributed by atoms with van der Waals surface area (Å²) in [5.74, 6) is -6.64. The summed E-state index contributed by atoms with van der Waals surface area (Å²) in [7, 11) is 1.66. The van der Waals surface area contributed by atoms with Crippen LogP contribution in [0.25, 0.3) is 0 Å². The molecule has 2 aromatic rings. The molecule has 2 rings (SSSR count). The lowest BCUT2D eigenvalue weighted by Crippen LogP contribution is -2.13. The van der Waals surface area contributed by atoms with Crippen LogP contribution in [0, 0.1) is 11.6 Å². The largest absolute Gasteiger partial charge is 0.493 e. The van der Waals surface area contributed by atoms with Gasteiger partial charge in [-0.15, -0.1) is 0 Å². The Hall–Kier alpha value is -2.51. The van der Waals surface area contributed by atoms with E-state index in [4.69, 9.17) is 4.74 Å². The molecule has 0 aliphatic carbocycles. The van der Waals surface area contributed by atoms with E-state index in [-0.39, 0.29) is 5.75 Å². The number of hydrogen-bond donors (Lipinski definition) is 0. The molecule has 0 amide bonds. The summed E-state index contributed by atoms with van der Waals surface area (Å²) in [6.45, 7) is 0. The van der Waals surface area contributed by atoms with Crippen LogP contribution in [-0.4, -0.2) is 14.2 Å². The predicted octanol–water partition coefficient (Wildman–Crippen LogP) is 4.79. The van der Waals surface area contributed by atoms with Crippen molar-refractivity contribution in [3.63, 3.8) is 0 Å². The Morgan fingerprint density at radius 3 is 1.65 bits per heavy atom. The molecule has 0 fully saturated rings. The van der Waals surface area contributed by atoms with Crippen LogP contribution in [0.15, 0.2) is 30.3 Å². The van der Waals surface area contributed by atoms with Gasteiger partial charge in [0.15, 0.2) is 11.5 Å². The van der Waals surface area contributed by atoms with Crippen molar-refractivity contribution in [3.8, 4) is 23.0 Å². The van der Waals surface area contributed by atoms with Crippen LogP contribution < -0.4 is 14.2 Å². The lowest BCUT2D eigenvalue weighted by molar-refractivity contribution is -0.140. The zero-order valence-electron chi connectivity index (χ0n) is 12.0. The number of hydrogen-bond acceptors (Lipinski definition) is 3. The van der Waals surface area contributed by atoms with E-state index in [1.54, 1.807) is 6.07 Å². The summed E-state index contributed by atoms with van der Waals surface area (Å²) in [6.07, 6.45) is -5.08. The lowest BCUT2D eigenvalue weighted by Gasteiger charge is -2.19. The molecule has 0 heterocycles. The first-order chi connectivity index (χ1) is 10.8. The molecule has 0 unspecified atom stereocenters. The molecule has 0 saturated carbocycles. The highest BCUT2D eigenvalue weighted by atomic mass is 19.4. The van der Waals surface area contributed by atoms with Gasteiger partial charge in [0.2, 0.25) is 17.4 Å². The molecule has 0 saturated heterocycles. The fourth-order valence-corrected chi connectivity index (χ4v) is 1.96. The van der Waals surface area contributed by atoms with Crippen LogP contribution in [-0.2, 0) is 6.18 Å². The van der Waals surface area contributed by atoms with E-state index >= 15 is 0 Å². The standard InChI is InChI=1S/C15H11F5O3/c1-21-12-9(15(18,19)20)13(22-2)11(17)14(10(12)16)23-8-6-4-3-5-7-8/h3-7H,1-2H3. The van der Waals surface area contributed by atoms with Crippen molar-refractivity contribution < 1.29 is 36.2 Å². The highest BCUT2D eigenvalue weighted by Gasteiger charge is 2.43. The smallest absolute Gasteiger partial charge is 0.423 e. The molecule has 0 aliphatic heterocycles. The first-order valence-electron chi connectivity index (χ1n) is 6.24. The van der Waals surface area contributed by atoms with Crippen LogP contribution in [0.5, 0.6) is 23.0 Å². The van der Waals surface area contributed by atoms with Gasteiger partial charge in [-0.1, -0.05) is 18.2 Å². The van der Waals surface area contributed by atoms with E-state index in [1.807, 2.05) is 0 Å².